The summed E-state index contributed by atoms with van der Waals surface area (Å²) in [5.41, 5.74) is 1.02. The molecule has 0 spiro atoms. The molecule has 1 unspecified atom stereocenters. The summed E-state index contributed by atoms with van der Waals surface area (Å²) in [5, 5.41) is 7.09. The Labute approximate surface area is 127 Å². The molecule has 112 valence electrons. The average Bonchev–Trinajstić information content (AvgIpc) is 2.37. The summed E-state index contributed by atoms with van der Waals surface area (Å²) in [4.78, 5) is 0. The lowest BCUT2D eigenvalue weighted by Gasteiger charge is -2.17. The number of hydrogen-bond acceptors (Lipinski definition) is 1. The fourth-order valence-corrected chi connectivity index (χ4v) is 2.24. The largest absolute Gasteiger partial charge is 0.360 e. The molecule has 0 fully saturated rings. The summed E-state index contributed by atoms with van der Waals surface area (Å²) in [6, 6.07) is 6.82. The Morgan fingerprint density at radius 1 is 1.15 bits per heavy atom. The molecule has 0 aliphatic carbocycles. The molecule has 0 aromatic heterocycles. The fourth-order valence-electron chi connectivity index (χ4n) is 1.96. The van der Waals surface area contributed by atoms with Crippen molar-refractivity contribution < 1.29 is 4.39 Å². The number of nitrogens with one attached hydrogen (secondary N) is 2. The van der Waals surface area contributed by atoms with Gasteiger partial charge in [-0.15, -0.1) is 0 Å². The van der Waals surface area contributed by atoms with Gasteiger partial charge in [0.05, 0.1) is 0 Å². The zero-order valence-electron chi connectivity index (χ0n) is 12.6. The molecule has 0 aliphatic rings. The van der Waals surface area contributed by atoms with Gasteiger partial charge in [-0.3, -0.25) is 0 Å². The minimum Gasteiger partial charge on any atom is -0.360 e. The van der Waals surface area contributed by atoms with Crippen LogP contribution in [-0.2, 0) is 6.54 Å². The molecule has 1 aromatic rings. The van der Waals surface area contributed by atoms with E-state index in [0.717, 1.165) is 17.9 Å². The van der Waals surface area contributed by atoms with Crippen LogP contribution in [0.3, 0.4) is 0 Å². The summed E-state index contributed by atoms with van der Waals surface area (Å²) >= 11 is 5.26. The Morgan fingerprint density at radius 3 is 2.40 bits per heavy atom. The molecule has 2 N–H and O–H groups in total. The maximum Gasteiger partial charge on any atom is 0.166 e. The molecule has 2 nitrogen and oxygen atoms in total. The number of rotatable bonds is 7. The Balaban J connectivity index is 2.20. The van der Waals surface area contributed by atoms with E-state index in [2.05, 4.69) is 31.4 Å². The lowest BCUT2D eigenvalue weighted by atomic mass is 10.0. The van der Waals surface area contributed by atoms with E-state index in [1.165, 1.54) is 25.0 Å². The number of benzene rings is 1. The summed E-state index contributed by atoms with van der Waals surface area (Å²) in [6.07, 6.45) is 3.59. The third-order valence-corrected chi connectivity index (χ3v) is 3.42. The summed E-state index contributed by atoms with van der Waals surface area (Å²) in [6.45, 7) is 7.25. The maximum absolute atomic E-state index is 12.8. The molecule has 0 saturated carbocycles. The first-order valence-corrected chi connectivity index (χ1v) is 7.67. The molecule has 0 bridgehead atoms. The molecule has 0 saturated heterocycles. The first-order chi connectivity index (χ1) is 9.47. The molecule has 20 heavy (non-hydrogen) atoms. The topological polar surface area (TPSA) is 24.1 Å². The second-order valence-corrected chi connectivity index (χ2v) is 6.09. The second kappa shape index (κ2) is 8.90. The van der Waals surface area contributed by atoms with Crippen LogP contribution in [0.5, 0.6) is 0 Å². The van der Waals surface area contributed by atoms with Crippen LogP contribution in [0, 0.1) is 11.7 Å². The second-order valence-electron chi connectivity index (χ2n) is 5.68. The monoisotopic (exact) mass is 296 g/mol. The third kappa shape index (κ3) is 7.43. The van der Waals surface area contributed by atoms with Crippen LogP contribution in [0.2, 0.25) is 0 Å². The van der Waals surface area contributed by atoms with Crippen molar-refractivity contribution in [1.29, 1.82) is 0 Å². The first kappa shape index (κ1) is 16.9. The molecule has 0 heterocycles. The van der Waals surface area contributed by atoms with Gasteiger partial charge in [0.1, 0.15) is 5.82 Å². The van der Waals surface area contributed by atoms with Gasteiger partial charge in [0.15, 0.2) is 5.11 Å². The highest BCUT2D eigenvalue weighted by atomic mass is 32.1. The highest BCUT2D eigenvalue weighted by Crippen LogP contribution is 2.08. The Kier molecular flexibility index (Phi) is 7.52. The molecule has 4 heteroatoms. The Bertz CT molecular complexity index is 403. The van der Waals surface area contributed by atoms with Crippen molar-refractivity contribution in [2.24, 2.45) is 5.92 Å². The van der Waals surface area contributed by atoms with Gasteiger partial charge in [0.25, 0.3) is 0 Å². The lowest BCUT2D eigenvalue weighted by molar-refractivity contribution is 0.493. The van der Waals surface area contributed by atoms with Gasteiger partial charge < -0.3 is 10.6 Å². The van der Waals surface area contributed by atoms with E-state index in [1.807, 2.05) is 0 Å². The van der Waals surface area contributed by atoms with Crippen molar-refractivity contribution in [3.63, 3.8) is 0 Å². The van der Waals surface area contributed by atoms with Crippen molar-refractivity contribution >= 4 is 17.3 Å². The van der Waals surface area contributed by atoms with Crippen molar-refractivity contribution in [2.75, 3.05) is 0 Å². The minimum atomic E-state index is -0.215. The van der Waals surface area contributed by atoms with Crippen LogP contribution in [0.4, 0.5) is 4.39 Å². The lowest BCUT2D eigenvalue weighted by Crippen LogP contribution is -2.40. The van der Waals surface area contributed by atoms with E-state index in [-0.39, 0.29) is 5.82 Å². The Hall–Kier alpha value is -1.16. The molecule has 0 radical (unpaired) electrons. The molecule has 0 aliphatic heterocycles. The van der Waals surface area contributed by atoms with Gasteiger partial charge >= 0.3 is 0 Å². The van der Waals surface area contributed by atoms with Crippen molar-refractivity contribution in [3.8, 4) is 0 Å². The molecular formula is C16H25FN2S. The number of thiocarbonyl (C=S) groups is 1. The molecular weight excluding hydrogens is 271 g/mol. The van der Waals surface area contributed by atoms with E-state index in [0.29, 0.717) is 17.7 Å². The van der Waals surface area contributed by atoms with Crippen molar-refractivity contribution in [2.45, 2.75) is 52.6 Å². The fraction of sp³-hybridized carbons (Fsp3) is 0.562. The van der Waals surface area contributed by atoms with Gasteiger partial charge in [-0.1, -0.05) is 38.8 Å². The summed E-state index contributed by atoms with van der Waals surface area (Å²) < 4.78 is 12.8. The zero-order chi connectivity index (χ0) is 15.0. The smallest absolute Gasteiger partial charge is 0.166 e. The van der Waals surface area contributed by atoms with E-state index in [4.69, 9.17) is 12.2 Å². The van der Waals surface area contributed by atoms with Crippen LogP contribution in [0.15, 0.2) is 24.3 Å². The van der Waals surface area contributed by atoms with Crippen LogP contribution in [0.25, 0.3) is 0 Å². The van der Waals surface area contributed by atoms with E-state index < -0.39 is 0 Å². The van der Waals surface area contributed by atoms with Crippen LogP contribution in [-0.4, -0.2) is 11.2 Å². The van der Waals surface area contributed by atoms with E-state index >= 15 is 0 Å². The van der Waals surface area contributed by atoms with Crippen LogP contribution >= 0.6 is 12.2 Å². The minimum absolute atomic E-state index is 0.215. The van der Waals surface area contributed by atoms with Crippen LogP contribution in [0.1, 0.15) is 45.6 Å². The van der Waals surface area contributed by atoms with Gasteiger partial charge in [0.2, 0.25) is 0 Å². The van der Waals surface area contributed by atoms with Gasteiger partial charge in [-0.2, -0.15) is 0 Å². The predicted octanol–water partition coefficient (Wildman–Crippen LogP) is 4.00. The Morgan fingerprint density at radius 2 is 1.80 bits per heavy atom. The average molecular weight is 296 g/mol. The normalized spacial score (nSPS) is 12.2. The standard InChI is InChI=1S/C16H25FN2S/c1-12(2)5-4-6-13(3)19-16(20)18-11-14-7-9-15(17)10-8-14/h7-10,12-13H,4-6,11H2,1-3H3,(H2,18,19,20). The molecule has 1 rings (SSSR count). The molecule has 1 atom stereocenters. The van der Waals surface area contributed by atoms with E-state index in [9.17, 15) is 4.39 Å². The predicted molar refractivity (Wildman–Crippen MR) is 87.1 cm³/mol. The summed E-state index contributed by atoms with van der Waals surface area (Å²) in [7, 11) is 0. The van der Waals surface area contributed by atoms with Gasteiger partial charge in [-0.05, 0) is 49.2 Å². The third-order valence-electron chi connectivity index (χ3n) is 3.16. The first-order valence-electron chi connectivity index (χ1n) is 7.26. The van der Waals surface area contributed by atoms with Crippen LogP contribution < -0.4 is 10.6 Å². The number of halogens is 1. The maximum atomic E-state index is 12.8. The summed E-state index contributed by atoms with van der Waals surface area (Å²) in [5.74, 6) is 0.541. The highest BCUT2D eigenvalue weighted by Gasteiger charge is 2.04. The van der Waals surface area contributed by atoms with Gasteiger partial charge in [-0.25, -0.2) is 4.39 Å². The van der Waals surface area contributed by atoms with Crippen molar-refractivity contribution in [3.05, 3.63) is 35.6 Å². The molecule has 0 amide bonds. The highest BCUT2D eigenvalue weighted by molar-refractivity contribution is 7.80. The molecule has 1 aromatic carbocycles. The zero-order valence-corrected chi connectivity index (χ0v) is 13.4. The SMILES string of the molecule is CC(C)CCCC(C)NC(=S)NCc1ccc(F)cc1. The quantitative estimate of drug-likeness (QED) is 0.744. The van der Waals surface area contributed by atoms with E-state index in [1.54, 1.807) is 12.1 Å². The van der Waals surface area contributed by atoms with Crippen molar-refractivity contribution in [1.82, 2.24) is 10.6 Å². The number of hydrogen-bond donors (Lipinski definition) is 2. The van der Waals surface area contributed by atoms with Gasteiger partial charge in [0, 0.05) is 12.6 Å².